The number of amides is 2. The van der Waals surface area contributed by atoms with Gasteiger partial charge in [-0.1, -0.05) is 12.1 Å². The summed E-state index contributed by atoms with van der Waals surface area (Å²) in [6.07, 6.45) is 4.81. The van der Waals surface area contributed by atoms with Gasteiger partial charge in [0.1, 0.15) is 17.3 Å². The molecule has 2 atom stereocenters. The summed E-state index contributed by atoms with van der Waals surface area (Å²) in [4.78, 5) is 29.5. The van der Waals surface area contributed by atoms with Crippen LogP contribution in [0, 0.1) is 17.3 Å². The van der Waals surface area contributed by atoms with Crippen LogP contribution in [-0.2, 0) is 16.8 Å². The Morgan fingerprint density at radius 2 is 2.19 bits per heavy atom. The number of likely N-dealkylation sites (tertiary alicyclic amines) is 1. The minimum Gasteiger partial charge on any atom is -0.453 e. The number of ether oxygens (including phenoxy) is 1. The number of nitrogens with one attached hydrogen (secondary N) is 1. The average molecular weight is 514 g/mol. The summed E-state index contributed by atoms with van der Waals surface area (Å²) < 4.78 is 36.4. The van der Waals surface area contributed by atoms with Crippen LogP contribution in [0.15, 0.2) is 24.4 Å². The van der Waals surface area contributed by atoms with Crippen LogP contribution in [0.5, 0.6) is 0 Å². The maximum atomic E-state index is 15.8. The number of hydrogen-bond donors (Lipinski definition) is 2. The summed E-state index contributed by atoms with van der Waals surface area (Å²) in [5.74, 6) is -1.65. The first-order chi connectivity index (χ1) is 17.8. The summed E-state index contributed by atoms with van der Waals surface area (Å²) in [5, 5.41) is 16.0. The van der Waals surface area contributed by atoms with Gasteiger partial charge in [0, 0.05) is 31.4 Å². The largest absolute Gasteiger partial charge is 0.453 e. The molecule has 10 nitrogen and oxygen atoms in total. The van der Waals surface area contributed by atoms with E-state index in [-0.39, 0.29) is 37.3 Å². The number of halogens is 2. The minimum atomic E-state index is -1.59. The lowest BCUT2D eigenvalue weighted by molar-refractivity contribution is 0.00652. The first kappa shape index (κ1) is 26.2. The smallest absolute Gasteiger partial charge is 0.412 e. The maximum absolute atomic E-state index is 15.8. The minimum absolute atomic E-state index is 0.0977. The number of piperidine rings is 1. The van der Waals surface area contributed by atoms with Crippen LogP contribution in [0.3, 0.4) is 0 Å². The van der Waals surface area contributed by atoms with Crippen molar-refractivity contribution in [2.75, 3.05) is 25.5 Å². The van der Waals surface area contributed by atoms with E-state index in [0.717, 1.165) is 38.4 Å². The molecule has 2 unspecified atom stereocenters. The molecular formula is C25H29F2N7O3. The molecule has 4 rings (SSSR count). The van der Waals surface area contributed by atoms with Crippen LogP contribution in [-0.4, -0.2) is 58.0 Å². The van der Waals surface area contributed by atoms with Crippen molar-refractivity contribution in [2.24, 2.45) is 5.73 Å². The third-order valence-electron chi connectivity index (χ3n) is 7.03. The van der Waals surface area contributed by atoms with Gasteiger partial charge in [-0.25, -0.2) is 14.2 Å². The monoisotopic (exact) mass is 513 g/mol. The van der Waals surface area contributed by atoms with E-state index in [1.807, 2.05) is 6.07 Å². The molecular weight excluding hydrogens is 484 g/mol. The predicted octanol–water partition coefficient (Wildman–Crippen LogP) is 3.50. The van der Waals surface area contributed by atoms with Crippen molar-refractivity contribution in [3.8, 4) is 6.07 Å². The molecule has 1 fully saturated rings. The van der Waals surface area contributed by atoms with Crippen molar-refractivity contribution in [1.82, 2.24) is 19.7 Å². The molecule has 1 aliphatic carbocycles. The van der Waals surface area contributed by atoms with Crippen LogP contribution < -0.4 is 11.1 Å². The number of anilines is 1. The SMILES string of the molecule is COC(=O)Nc1nn(C2(CC#N)CCN(Cc3ccc(C4=CCCCC4)nc3F)CC2F)cc1C(N)=O. The van der Waals surface area contributed by atoms with Gasteiger partial charge in [-0.15, -0.1) is 0 Å². The summed E-state index contributed by atoms with van der Waals surface area (Å²) in [6, 6.07) is 5.50. The molecule has 1 saturated heterocycles. The Balaban J connectivity index is 1.53. The normalized spacial score (nSPS) is 22.1. The van der Waals surface area contributed by atoms with Gasteiger partial charge in [0.25, 0.3) is 5.91 Å². The average Bonchev–Trinajstić information content (AvgIpc) is 3.32. The topological polar surface area (TPSA) is 139 Å². The van der Waals surface area contributed by atoms with Crippen LogP contribution >= 0.6 is 0 Å². The Morgan fingerprint density at radius 1 is 1.38 bits per heavy atom. The fourth-order valence-corrected chi connectivity index (χ4v) is 4.91. The molecule has 2 aliphatic rings. The molecule has 0 aromatic carbocycles. The zero-order valence-corrected chi connectivity index (χ0v) is 20.5. The number of hydrogen-bond acceptors (Lipinski definition) is 7. The summed E-state index contributed by atoms with van der Waals surface area (Å²) in [5.41, 5.74) is 5.91. The molecule has 2 aromatic heterocycles. The Labute approximate surface area is 213 Å². The number of carbonyl (C=O) groups excluding carboxylic acids is 2. The van der Waals surface area contributed by atoms with Gasteiger partial charge in [-0.3, -0.25) is 19.7 Å². The van der Waals surface area contributed by atoms with Crippen LogP contribution in [0.2, 0.25) is 0 Å². The number of nitrogens with two attached hydrogens (primary N) is 1. The summed E-state index contributed by atoms with van der Waals surface area (Å²) in [7, 11) is 1.14. The number of nitrogens with zero attached hydrogens (tertiary/aromatic N) is 5. The van der Waals surface area contributed by atoms with Crippen LogP contribution in [0.1, 0.15) is 60.1 Å². The molecule has 196 valence electrons. The Hall–Kier alpha value is -3.85. The van der Waals surface area contributed by atoms with Gasteiger partial charge < -0.3 is 10.5 Å². The van der Waals surface area contributed by atoms with Crippen molar-refractivity contribution < 1.29 is 23.1 Å². The molecule has 37 heavy (non-hydrogen) atoms. The lowest BCUT2D eigenvalue weighted by atomic mass is 9.83. The maximum Gasteiger partial charge on any atom is 0.412 e. The molecule has 12 heteroatoms. The molecule has 0 saturated carbocycles. The molecule has 1 aliphatic heterocycles. The fourth-order valence-electron chi connectivity index (χ4n) is 4.91. The van der Waals surface area contributed by atoms with E-state index < -0.39 is 29.7 Å². The van der Waals surface area contributed by atoms with E-state index >= 15 is 4.39 Å². The third-order valence-corrected chi connectivity index (χ3v) is 7.03. The highest BCUT2D eigenvalue weighted by molar-refractivity contribution is 6.00. The van der Waals surface area contributed by atoms with Crippen molar-refractivity contribution in [3.63, 3.8) is 0 Å². The van der Waals surface area contributed by atoms with Crippen molar-refractivity contribution in [2.45, 2.75) is 56.8 Å². The lowest BCUT2D eigenvalue weighted by Gasteiger charge is -2.43. The second-order valence-electron chi connectivity index (χ2n) is 9.33. The number of carbonyl (C=O) groups is 2. The number of methoxy groups -OCH3 is 1. The Kier molecular flexibility index (Phi) is 7.83. The number of rotatable bonds is 7. The molecule has 0 bridgehead atoms. The summed E-state index contributed by atoms with van der Waals surface area (Å²) >= 11 is 0. The quantitative estimate of drug-likeness (QED) is 0.540. The van der Waals surface area contributed by atoms with Gasteiger partial charge >= 0.3 is 6.09 Å². The zero-order chi connectivity index (χ0) is 26.6. The first-order valence-electron chi connectivity index (χ1n) is 12.1. The van der Waals surface area contributed by atoms with Gasteiger partial charge in [-0.2, -0.15) is 14.8 Å². The van der Waals surface area contributed by atoms with Gasteiger partial charge in [0.15, 0.2) is 5.82 Å². The predicted molar refractivity (Wildman–Crippen MR) is 130 cm³/mol. The van der Waals surface area contributed by atoms with E-state index in [2.05, 4.69) is 26.2 Å². The van der Waals surface area contributed by atoms with Gasteiger partial charge in [-0.05, 0) is 43.7 Å². The van der Waals surface area contributed by atoms with Crippen molar-refractivity contribution in [3.05, 3.63) is 47.2 Å². The van der Waals surface area contributed by atoms with E-state index in [0.29, 0.717) is 17.8 Å². The molecule has 2 aromatic rings. The first-order valence-corrected chi connectivity index (χ1v) is 12.1. The number of aromatic nitrogens is 3. The van der Waals surface area contributed by atoms with E-state index in [1.165, 1.54) is 10.9 Å². The second kappa shape index (κ2) is 11.0. The summed E-state index contributed by atoms with van der Waals surface area (Å²) in [6.45, 7) is 0.390. The second-order valence-corrected chi connectivity index (χ2v) is 9.33. The molecule has 3 N–H and O–H groups in total. The van der Waals surface area contributed by atoms with Gasteiger partial charge in [0.2, 0.25) is 5.95 Å². The molecule has 0 radical (unpaired) electrons. The number of pyridine rings is 1. The number of allylic oxidation sites excluding steroid dienone is 2. The number of primary amides is 1. The third kappa shape index (κ3) is 5.46. The van der Waals surface area contributed by atoms with E-state index in [1.54, 1.807) is 17.0 Å². The zero-order valence-electron chi connectivity index (χ0n) is 20.5. The highest BCUT2D eigenvalue weighted by Crippen LogP contribution is 2.37. The van der Waals surface area contributed by atoms with Crippen LogP contribution in [0.25, 0.3) is 5.57 Å². The number of nitriles is 1. The lowest BCUT2D eigenvalue weighted by Crippen LogP contribution is -2.54. The standard InChI is InChI=1S/C25H29F2N7O3/c1-37-24(36)31-23-18(22(29)35)14-34(32-23)25(9-11-28)10-12-33(15-20(25)26)13-17-7-8-19(30-21(17)27)16-5-3-2-4-6-16/h5,7-8,14,20H,2-4,6,9-10,12-13,15H2,1H3,(H2,29,35)(H,31,32,36). The Morgan fingerprint density at radius 3 is 2.81 bits per heavy atom. The number of alkyl halides is 1. The van der Waals surface area contributed by atoms with Crippen molar-refractivity contribution in [1.29, 1.82) is 5.26 Å². The molecule has 3 heterocycles. The fraction of sp³-hybridized carbons (Fsp3) is 0.480. The Bertz CT molecular complexity index is 1260. The molecule has 2 amide bonds. The molecule has 0 spiro atoms. The highest BCUT2D eigenvalue weighted by atomic mass is 19.1. The van der Waals surface area contributed by atoms with Crippen LogP contribution in [0.4, 0.5) is 19.4 Å². The highest BCUT2D eigenvalue weighted by Gasteiger charge is 2.47. The van der Waals surface area contributed by atoms with E-state index in [4.69, 9.17) is 5.73 Å². The van der Waals surface area contributed by atoms with Gasteiger partial charge in [0.05, 0.1) is 25.3 Å². The van der Waals surface area contributed by atoms with E-state index in [9.17, 15) is 19.2 Å². The van der Waals surface area contributed by atoms with Crippen molar-refractivity contribution >= 4 is 23.4 Å².